The van der Waals surface area contributed by atoms with E-state index in [0.717, 1.165) is 16.3 Å². The van der Waals surface area contributed by atoms with Gasteiger partial charge in [0, 0.05) is 24.2 Å². The zero-order chi connectivity index (χ0) is 21.1. The molecule has 1 aliphatic heterocycles. The van der Waals surface area contributed by atoms with Gasteiger partial charge >= 0.3 is 5.97 Å². The molecule has 0 spiro atoms. The number of halogens is 1. The molecule has 0 bridgehead atoms. The number of aryl methyl sites for hydroxylation is 1. The van der Waals surface area contributed by atoms with Gasteiger partial charge in [-0.1, -0.05) is 17.4 Å². The molecule has 9 heteroatoms. The van der Waals surface area contributed by atoms with Crippen LogP contribution in [0.2, 0.25) is 0 Å². The summed E-state index contributed by atoms with van der Waals surface area (Å²) in [5.74, 6) is -0.202. The van der Waals surface area contributed by atoms with Crippen LogP contribution < -0.4 is 14.3 Å². The number of hydrogen-bond donors (Lipinski definition) is 0. The average molecular weight is 430 g/mol. The third-order valence-electron chi connectivity index (χ3n) is 4.46. The molecule has 2 heterocycles. The van der Waals surface area contributed by atoms with E-state index in [1.165, 1.54) is 29.5 Å². The summed E-state index contributed by atoms with van der Waals surface area (Å²) in [6.07, 6.45) is 0.120. The van der Waals surface area contributed by atoms with Crippen molar-refractivity contribution in [3.63, 3.8) is 0 Å². The van der Waals surface area contributed by atoms with Crippen LogP contribution in [0, 0.1) is 5.82 Å². The van der Waals surface area contributed by atoms with Gasteiger partial charge in [0.15, 0.2) is 16.3 Å². The SMILES string of the molecule is CCOC(=O)CCn1c(=NC(=O)c2cccc(F)c2)sc2cc3c(cc21)OCCO3. The summed E-state index contributed by atoms with van der Waals surface area (Å²) in [7, 11) is 0. The first-order chi connectivity index (χ1) is 14.5. The van der Waals surface area contributed by atoms with Gasteiger partial charge in [0.2, 0.25) is 0 Å². The predicted molar refractivity (Wildman–Crippen MR) is 108 cm³/mol. The highest BCUT2D eigenvalue weighted by molar-refractivity contribution is 7.16. The molecule has 0 saturated heterocycles. The molecule has 30 heavy (non-hydrogen) atoms. The quantitative estimate of drug-likeness (QED) is 0.581. The smallest absolute Gasteiger partial charge is 0.307 e. The first-order valence-corrected chi connectivity index (χ1v) is 10.3. The number of aromatic nitrogens is 1. The third-order valence-corrected chi connectivity index (χ3v) is 5.50. The van der Waals surface area contributed by atoms with Crippen LogP contribution in [0.25, 0.3) is 10.2 Å². The molecule has 3 aromatic rings. The summed E-state index contributed by atoms with van der Waals surface area (Å²) in [5.41, 5.74) is 0.912. The summed E-state index contributed by atoms with van der Waals surface area (Å²) >= 11 is 1.28. The number of ether oxygens (including phenoxy) is 3. The lowest BCUT2D eigenvalue weighted by Gasteiger charge is -2.18. The second kappa shape index (κ2) is 8.66. The van der Waals surface area contributed by atoms with Gasteiger partial charge in [-0.05, 0) is 25.1 Å². The van der Waals surface area contributed by atoms with Crippen molar-refractivity contribution in [1.29, 1.82) is 0 Å². The topological polar surface area (TPSA) is 79.1 Å². The van der Waals surface area contributed by atoms with E-state index < -0.39 is 11.7 Å². The highest BCUT2D eigenvalue weighted by atomic mass is 32.1. The second-order valence-corrected chi connectivity index (χ2v) is 7.49. The number of carbonyl (C=O) groups is 2. The van der Waals surface area contributed by atoms with E-state index >= 15 is 0 Å². The number of rotatable bonds is 5. The van der Waals surface area contributed by atoms with Crippen molar-refractivity contribution in [3.8, 4) is 11.5 Å². The Morgan fingerprint density at radius 2 is 1.97 bits per heavy atom. The van der Waals surface area contributed by atoms with Crippen LogP contribution in [0.4, 0.5) is 4.39 Å². The molecule has 0 saturated carbocycles. The Labute approximate surface area is 175 Å². The van der Waals surface area contributed by atoms with E-state index in [2.05, 4.69) is 4.99 Å². The predicted octanol–water partition coefficient (Wildman–Crippen LogP) is 3.31. The summed E-state index contributed by atoms with van der Waals surface area (Å²) < 4.78 is 32.4. The maximum absolute atomic E-state index is 13.5. The second-order valence-electron chi connectivity index (χ2n) is 6.48. The lowest BCUT2D eigenvalue weighted by molar-refractivity contribution is -0.143. The van der Waals surface area contributed by atoms with Gasteiger partial charge in [0.05, 0.1) is 23.2 Å². The fraction of sp³-hybridized carbons (Fsp3) is 0.286. The van der Waals surface area contributed by atoms with Gasteiger partial charge in [-0.3, -0.25) is 9.59 Å². The van der Waals surface area contributed by atoms with Crippen LogP contribution in [-0.4, -0.2) is 36.3 Å². The molecule has 0 unspecified atom stereocenters. The van der Waals surface area contributed by atoms with E-state index in [4.69, 9.17) is 14.2 Å². The van der Waals surface area contributed by atoms with Crippen molar-refractivity contribution in [2.75, 3.05) is 19.8 Å². The van der Waals surface area contributed by atoms with Crippen molar-refractivity contribution in [3.05, 3.63) is 52.6 Å². The van der Waals surface area contributed by atoms with E-state index in [1.54, 1.807) is 11.5 Å². The first kappa shape index (κ1) is 20.1. The van der Waals surface area contributed by atoms with Crippen molar-refractivity contribution in [2.45, 2.75) is 19.9 Å². The van der Waals surface area contributed by atoms with Crippen LogP contribution in [0.15, 0.2) is 41.4 Å². The molecule has 0 radical (unpaired) electrons. The largest absolute Gasteiger partial charge is 0.486 e. The minimum absolute atomic E-state index is 0.120. The number of hydrogen-bond acceptors (Lipinski definition) is 6. The van der Waals surface area contributed by atoms with Gasteiger partial charge in [0.25, 0.3) is 5.91 Å². The Bertz CT molecular complexity index is 1180. The molecule has 4 rings (SSSR count). The minimum Gasteiger partial charge on any atom is -0.486 e. The van der Waals surface area contributed by atoms with Crippen molar-refractivity contribution >= 4 is 33.4 Å². The van der Waals surface area contributed by atoms with Crippen LogP contribution in [0.1, 0.15) is 23.7 Å². The number of nitrogens with zero attached hydrogens (tertiary/aromatic N) is 2. The lowest BCUT2D eigenvalue weighted by Crippen LogP contribution is -2.20. The van der Waals surface area contributed by atoms with Gasteiger partial charge < -0.3 is 18.8 Å². The van der Waals surface area contributed by atoms with E-state index in [9.17, 15) is 14.0 Å². The summed E-state index contributed by atoms with van der Waals surface area (Å²) in [4.78, 5) is 29.1. The number of thiazole rings is 1. The Morgan fingerprint density at radius 1 is 1.20 bits per heavy atom. The molecule has 1 amide bonds. The van der Waals surface area contributed by atoms with Gasteiger partial charge in [-0.15, -0.1) is 0 Å². The highest BCUT2D eigenvalue weighted by Crippen LogP contribution is 2.35. The van der Waals surface area contributed by atoms with Crippen LogP contribution in [-0.2, 0) is 16.1 Å². The van der Waals surface area contributed by atoms with Crippen molar-refractivity contribution in [1.82, 2.24) is 4.57 Å². The standard InChI is InChI=1S/C21H19FN2O5S/c1-2-27-19(25)6-7-24-15-11-16-17(29-9-8-28-16)12-18(15)30-21(24)23-20(26)13-4-3-5-14(22)10-13/h3-5,10-12H,2,6-9H2,1H3. The zero-order valence-corrected chi connectivity index (χ0v) is 17.0. The van der Waals surface area contributed by atoms with E-state index in [0.29, 0.717) is 36.1 Å². The Morgan fingerprint density at radius 3 is 2.70 bits per heavy atom. The molecule has 156 valence electrons. The fourth-order valence-electron chi connectivity index (χ4n) is 3.12. The number of amides is 1. The lowest BCUT2D eigenvalue weighted by atomic mass is 10.2. The average Bonchev–Trinajstić information content (AvgIpc) is 3.06. The van der Waals surface area contributed by atoms with Crippen LogP contribution >= 0.6 is 11.3 Å². The van der Waals surface area contributed by atoms with E-state index in [1.807, 2.05) is 12.1 Å². The fourth-order valence-corrected chi connectivity index (χ4v) is 4.18. The first-order valence-electron chi connectivity index (χ1n) is 9.48. The maximum atomic E-state index is 13.5. The third kappa shape index (κ3) is 4.20. The summed E-state index contributed by atoms with van der Waals surface area (Å²) in [6.45, 7) is 3.21. The highest BCUT2D eigenvalue weighted by Gasteiger charge is 2.18. The number of fused-ring (bicyclic) bond motifs is 2. The van der Waals surface area contributed by atoms with E-state index in [-0.39, 0.29) is 24.5 Å². The molecule has 2 aromatic carbocycles. The van der Waals surface area contributed by atoms with Gasteiger partial charge in [0.1, 0.15) is 19.0 Å². The number of carbonyl (C=O) groups excluding carboxylic acids is 2. The summed E-state index contributed by atoms with van der Waals surface area (Å²) in [5, 5.41) is 0. The Hall–Kier alpha value is -3.20. The van der Waals surface area contributed by atoms with Crippen molar-refractivity contribution < 1.29 is 28.2 Å². The monoisotopic (exact) mass is 430 g/mol. The molecule has 0 N–H and O–H groups in total. The Balaban J connectivity index is 1.79. The zero-order valence-electron chi connectivity index (χ0n) is 16.2. The maximum Gasteiger partial charge on any atom is 0.307 e. The molecular weight excluding hydrogens is 411 g/mol. The molecule has 1 aliphatic rings. The molecular formula is C21H19FN2O5S. The summed E-state index contributed by atoms with van der Waals surface area (Å²) in [6, 6.07) is 9.02. The number of benzene rings is 2. The van der Waals surface area contributed by atoms with Gasteiger partial charge in [-0.2, -0.15) is 4.99 Å². The van der Waals surface area contributed by atoms with Gasteiger partial charge in [-0.25, -0.2) is 4.39 Å². The minimum atomic E-state index is -0.566. The Kier molecular flexibility index (Phi) is 5.80. The van der Waals surface area contributed by atoms with Crippen LogP contribution in [0.5, 0.6) is 11.5 Å². The molecule has 7 nitrogen and oxygen atoms in total. The van der Waals surface area contributed by atoms with Crippen LogP contribution in [0.3, 0.4) is 0 Å². The van der Waals surface area contributed by atoms with Crippen molar-refractivity contribution in [2.24, 2.45) is 4.99 Å². The molecule has 0 atom stereocenters. The molecule has 0 fully saturated rings. The number of esters is 1. The normalized spacial score (nSPS) is 13.5. The molecule has 1 aromatic heterocycles. The molecule has 0 aliphatic carbocycles.